The fraction of sp³-hybridized carbons (Fsp3) is 0.316. The fourth-order valence-corrected chi connectivity index (χ4v) is 3.26. The van der Waals surface area contributed by atoms with Crippen LogP contribution in [0.4, 0.5) is 4.39 Å². The van der Waals surface area contributed by atoms with Crippen molar-refractivity contribution in [2.75, 3.05) is 19.8 Å². The Labute approximate surface area is 145 Å². The van der Waals surface area contributed by atoms with Gasteiger partial charge in [-0.3, -0.25) is 4.90 Å². The summed E-state index contributed by atoms with van der Waals surface area (Å²) < 4.78 is 27.5. The first-order chi connectivity index (χ1) is 12.2. The van der Waals surface area contributed by atoms with Gasteiger partial charge in [0.05, 0.1) is 37.6 Å². The highest BCUT2D eigenvalue weighted by atomic mass is 19.1. The molecule has 0 radical (unpaired) electrons. The zero-order valence-corrected chi connectivity index (χ0v) is 14.1. The number of benzene rings is 1. The van der Waals surface area contributed by atoms with Crippen LogP contribution >= 0.6 is 0 Å². The minimum absolute atomic E-state index is 0.151. The Morgan fingerprint density at radius 3 is 2.92 bits per heavy atom. The van der Waals surface area contributed by atoms with Gasteiger partial charge >= 0.3 is 0 Å². The van der Waals surface area contributed by atoms with Crippen LogP contribution in [0.15, 0.2) is 53.2 Å². The van der Waals surface area contributed by atoms with E-state index in [-0.39, 0.29) is 11.9 Å². The van der Waals surface area contributed by atoms with E-state index in [4.69, 9.17) is 9.15 Å². The Hall–Kier alpha value is -2.44. The molecule has 1 aliphatic heterocycles. The Morgan fingerprint density at radius 1 is 1.24 bits per heavy atom. The predicted octanol–water partition coefficient (Wildman–Crippen LogP) is 3.39. The molecular formula is C19H20FN3O2. The van der Waals surface area contributed by atoms with E-state index in [0.29, 0.717) is 37.0 Å². The summed E-state index contributed by atoms with van der Waals surface area (Å²) in [4.78, 5) is 6.63. The van der Waals surface area contributed by atoms with Crippen molar-refractivity contribution in [1.29, 1.82) is 0 Å². The fourth-order valence-electron chi connectivity index (χ4n) is 3.26. The quantitative estimate of drug-likeness (QED) is 0.730. The summed E-state index contributed by atoms with van der Waals surface area (Å²) in [6, 6.07) is 10.8. The summed E-state index contributed by atoms with van der Waals surface area (Å²) in [7, 11) is 2.03. The highest BCUT2D eigenvalue weighted by Crippen LogP contribution is 2.28. The third-order valence-electron chi connectivity index (χ3n) is 4.60. The van der Waals surface area contributed by atoms with E-state index in [1.54, 1.807) is 24.4 Å². The molecule has 0 spiro atoms. The molecule has 2 aromatic heterocycles. The van der Waals surface area contributed by atoms with E-state index in [0.717, 1.165) is 6.54 Å². The average molecular weight is 341 g/mol. The summed E-state index contributed by atoms with van der Waals surface area (Å²) in [6.45, 7) is 2.68. The van der Waals surface area contributed by atoms with Gasteiger partial charge in [-0.05, 0) is 24.3 Å². The predicted molar refractivity (Wildman–Crippen MR) is 91.3 cm³/mol. The lowest BCUT2D eigenvalue weighted by Gasteiger charge is -2.35. The average Bonchev–Trinajstić information content (AvgIpc) is 3.25. The van der Waals surface area contributed by atoms with Crippen molar-refractivity contribution >= 4 is 0 Å². The van der Waals surface area contributed by atoms with Gasteiger partial charge in [-0.15, -0.1) is 0 Å². The molecule has 3 aromatic rings. The Balaban J connectivity index is 1.55. The molecule has 0 amide bonds. The molecule has 1 fully saturated rings. The van der Waals surface area contributed by atoms with E-state index in [1.807, 2.05) is 19.3 Å². The monoisotopic (exact) mass is 341 g/mol. The number of morpholine rings is 1. The van der Waals surface area contributed by atoms with E-state index in [9.17, 15) is 4.39 Å². The van der Waals surface area contributed by atoms with Gasteiger partial charge < -0.3 is 13.7 Å². The summed E-state index contributed by atoms with van der Waals surface area (Å²) in [5, 5.41) is 0. The molecule has 0 bridgehead atoms. The molecule has 25 heavy (non-hydrogen) atoms. The number of hydrogen-bond acceptors (Lipinski definition) is 4. The maximum atomic E-state index is 13.9. The summed E-state index contributed by atoms with van der Waals surface area (Å²) in [5.41, 5.74) is 1.63. The molecule has 1 atom stereocenters. The summed E-state index contributed by atoms with van der Waals surface area (Å²) in [5.74, 6) is 0.731. The zero-order valence-electron chi connectivity index (χ0n) is 14.1. The van der Waals surface area contributed by atoms with Crippen molar-refractivity contribution in [3.05, 3.63) is 66.2 Å². The van der Waals surface area contributed by atoms with Crippen LogP contribution in [0.3, 0.4) is 0 Å². The van der Waals surface area contributed by atoms with Crippen LogP contribution in [0.25, 0.3) is 11.3 Å². The highest BCUT2D eigenvalue weighted by Gasteiger charge is 2.27. The van der Waals surface area contributed by atoms with Crippen LogP contribution in [0, 0.1) is 5.82 Å². The van der Waals surface area contributed by atoms with E-state index in [1.165, 1.54) is 11.8 Å². The Morgan fingerprint density at radius 2 is 2.12 bits per heavy atom. The first kappa shape index (κ1) is 16.1. The number of aryl methyl sites for hydroxylation is 1. The maximum absolute atomic E-state index is 13.9. The molecule has 4 rings (SSSR count). The standard InChI is InChI=1S/C19H20FN3O2/c1-22-8-4-7-16(22)17-13-24-10-9-23(17)12-19-21-11-18(25-19)14-5-2-3-6-15(14)20/h2-8,11,17H,9-10,12-13H2,1H3/t17-/m1/s1. The smallest absolute Gasteiger partial charge is 0.209 e. The van der Waals surface area contributed by atoms with Crippen molar-refractivity contribution in [2.45, 2.75) is 12.6 Å². The van der Waals surface area contributed by atoms with Crippen molar-refractivity contribution in [3.8, 4) is 11.3 Å². The zero-order chi connectivity index (χ0) is 17.2. The second-order valence-corrected chi connectivity index (χ2v) is 6.20. The highest BCUT2D eigenvalue weighted by molar-refractivity contribution is 5.56. The number of hydrogen-bond donors (Lipinski definition) is 0. The number of rotatable bonds is 4. The third kappa shape index (κ3) is 3.23. The SMILES string of the molecule is Cn1cccc1[C@H]1COCCN1Cc1ncc(-c2ccccc2F)o1. The normalized spacial score (nSPS) is 18.6. The van der Waals surface area contributed by atoms with Crippen LogP contribution in [0.5, 0.6) is 0 Å². The topological polar surface area (TPSA) is 43.4 Å². The first-order valence-electron chi connectivity index (χ1n) is 8.35. The minimum atomic E-state index is -0.307. The first-order valence-corrected chi connectivity index (χ1v) is 8.35. The van der Waals surface area contributed by atoms with Gasteiger partial charge in [-0.1, -0.05) is 12.1 Å². The molecule has 130 valence electrons. The molecule has 1 saturated heterocycles. The number of ether oxygens (including phenoxy) is 1. The van der Waals surface area contributed by atoms with Gasteiger partial charge in [-0.2, -0.15) is 0 Å². The van der Waals surface area contributed by atoms with Crippen molar-refractivity contribution < 1.29 is 13.5 Å². The van der Waals surface area contributed by atoms with Crippen LogP contribution in [0.1, 0.15) is 17.6 Å². The van der Waals surface area contributed by atoms with Crippen molar-refractivity contribution in [3.63, 3.8) is 0 Å². The van der Waals surface area contributed by atoms with Crippen LogP contribution in [-0.4, -0.2) is 34.2 Å². The molecule has 0 N–H and O–H groups in total. The number of aromatic nitrogens is 2. The summed E-state index contributed by atoms with van der Waals surface area (Å²) in [6.07, 6.45) is 3.62. The molecular weight excluding hydrogens is 321 g/mol. The van der Waals surface area contributed by atoms with Crippen LogP contribution in [0.2, 0.25) is 0 Å². The van der Waals surface area contributed by atoms with Gasteiger partial charge in [0, 0.05) is 25.5 Å². The summed E-state index contributed by atoms with van der Waals surface area (Å²) >= 11 is 0. The lowest BCUT2D eigenvalue weighted by molar-refractivity contribution is -0.0185. The minimum Gasteiger partial charge on any atom is -0.439 e. The van der Waals surface area contributed by atoms with Crippen molar-refractivity contribution in [2.24, 2.45) is 7.05 Å². The van der Waals surface area contributed by atoms with E-state index >= 15 is 0 Å². The Bertz CT molecular complexity index is 858. The van der Waals surface area contributed by atoms with Gasteiger partial charge in [-0.25, -0.2) is 9.37 Å². The molecule has 1 aliphatic rings. The molecule has 0 unspecified atom stereocenters. The number of halogens is 1. The molecule has 1 aromatic carbocycles. The van der Waals surface area contributed by atoms with Crippen LogP contribution < -0.4 is 0 Å². The molecule has 3 heterocycles. The van der Waals surface area contributed by atoms with Gasteiger partial charge in [0.2, 0.25) is 5.89 Å². The van der Waals surface area contributed by atoms with Crippen molar-refractivity contribution in [1.82, 2.24) is 14.5 Å². The van der Waals surface area contributed by atoms with Gasteiger partial charge in [0.1, 0.15) is 5.82 Å². The lowest BCUT2D eigenvalue weighted by atomic mass is 10.1. The molecule has 5 nitrogen and oxygen atoms in total. The lowest BCUT2D eigenvalue weighted by Crippen LogP contribution is -2.39. The number of nitrogens with zero attached hydrogens (tertiary/aromatic N) is 3. The largest absolute Gasteiger partial charge is 0.439 e. The second-order valence-electron chi connectivity index (χ2n) is 6.20. The molecule has 6 heteroatoms. The van der Waals surface area contributed by atoms with Gasteiger partial charge in [0.15, 0.2) is 5.76 Å². The molecule has 0 aliphatic carbocycles. The van der Waals surface area contributed by atoms with E-state index in [2.05, 4.69) is 20.5 Å². The van der Waals surface area contributed by atoms with E-state index < -0.39 is 0 Å². The molecule has 0 saturated carbocycles. The third-order valence-corrected chi connectivity index (χ3v) is 4.60. The van der Waals surface area contributed by atoms with Crippen LogP contribution in [-0.2, 0) is 18.3 Å². The second kappa shape index (κ2) is 6.82. The maximum Gasteiger partial charge on any atom is 0.209 e. The van der Waals surface area contributed by atoms with Gasteiger partial charge in [0.25, 0.3) is 0 Å². The number of oxazole rings is 1. The Kier molecular flexibility index (Phi) is 4.38.